The number of carbonyl (C=O) groups excluding carboxylic acids is 1. The minimum Gasteiger partial charge on any atom is -0.380 e. The van der Waals surface area contributed by atoms with Crippen LogP contribution in [-0.4, -0.2) is 30.5 Å². The Balaban J connectivity index is 1.76. The molecule has 1 N–H and O–H groups in total. The second-order valence-electron chi connectivity index (χ2n) is 5.84. The Hall–Kier alpha value is -2.93. The summed E-state index contributed by atoms with van der Waals surface area (Å²) in [5.74, 6) is -0.0901. The van der Waals surface area contributed by atoms with Crippen LogP contribution in [0.5, 0.6) is 0 Å². The number of hydrogen-bond acceptors (Lipinski definition) is 5. The van der Waals surface area contributed by atoms with Gasteiger partial charge in [0, 0.05) is 37.0 Å². The summed E-state index contributed by atoms with van der Waals surface area (Å²) in [6.45, 7) is 0.975. The maximum atomic E-state index is 12.7. The number of hydrogen-bond donors (Lipinski definition) is 1. The van der Waals surface area contributed by atoms with Gasteiger partial charge in [0.2, 0.25) is 5.91 Å². The molecule has 1 saturated heterocycles. The van der Waals surface area contributed by atoms with Gasteiger partial charge in [-0.3, -0.25) is 14.9 Å². The molecular weight excluding hydrogens is 322 g/mol. The lowest BCUT2D eigenvalue weighted by Gasteiger charge is -2.19. The standard InChI is InChI=1S/C18H19N3O4/c1-25-12-13-5-2-3-8-16(13)19-17-9-10-20(18(17)22)14-6-4-7-15(11-14)21(23)24/h2-8,11,17,19H,9-10,12H2,1H3/t17-/m0/s1. The predicted octanol–water partition coefficient (Wildman–Crippen LogP) is 2.96. The van der Waals surface area contributed by atoms with Gasteiger partial charge < -0.3 is 15.0 Å². The molecule has 3 rings (SSSR count). The molecule has 1 aliphatic rings. The number of benzene rings is 2. The van der Waals surface area contributed by atoms with E-state index in [1.54, 1.807) is 24.1 Å². The lowest BCUT2D eigenvalue weighted by atomic mass is 10.1. The van der Waals surface area contributed by atoms with Crippen LogP contribution in [0.1, 0.15) is 12.0 Å². The number of nitrogens with one attached hydrogen (secondary N) is 1. The predicted molar refractivity (Wildman–Crippen MR) is 94.6 cm³/mol. The fraction of sp³-hybridized carbons (Fsp3) is 0.278. The van der Waals surface area contributed by atoms with Gasteiger partial charge in [0.05, 0.1) is 17.2 Å². The summed E-state index contributed by atoms with van der Waals surface area (Å²) < 4.78 is 5.19. The van der Waals surface area contributed by atoms with Gasteiger partial charge in [-0.05, 0) is 18.6 Å². The van der Waals surface area contributed by atoms with Crippen molar-refractivity contribution in [2.45, 2.75) is 19.1 Å². The van der Waals surface area contributed by atoms with Crippen molar-refractivity contribution in [3.05, 3.63) is 64.2 Å². The van der Waals surface area contributed by atoms with E-state index in [2.05, 4.69) is 5.32 Å². The Labute approximate surface area is 145 Å². The van der Waals surface area contributed by atoms with Crippen molar-refractivity contribution < 1.29 is 14.5 Å². The zero-order valence-electron chi connectivity index (χ0n) is 13.8. The van der Waals surface area contributed by atoms with Crippen molar-refractivity contribution in [2.75, 3.05) is 23.9 Å². The Morgan fingerprint density at radius 1 is 1.28 bits per heavy atom. The van der Waals surface area contributed by atoms with E-state index in [4.69, 9.17) is 4.74 Å². The molecule has 0 saturated carbocycles. The molecule has 2 aromatic carbocycles. The summed E-state index contributed by atoms with van der Waals surface area (Å²) in [6.07, 6.45) is 0.628. The van der Waals surface area contributed by atoms with Gasteiger partial charge in [-0.1, -0.05) is 24.3 Å². The van der Waals surface area contributed by atoms with Crippen molar-refractivity contribution in [1.29, 1.82) is 0 Å². The third-order valence-corrected chi connectivity index (χ3v) is 4.20. The number of anilines is 2. The smallest absolute Gasteiger partial charge is 0.271 e. The highest BCUT2D eigenvalue weighted by atomic mass is 16.6. The van der Waals surface area contributed by atoms with Gasteiger partial charge in [0.25, 0.3) is 5.69 Å². The van der Waals surface area contributed by atoms with Crippen molar-refractivity contribution in [3.8, 4) is 0 Å². The Kier molecular flexibility index (Phi) is 4.95. The molecule has 7 heteroatoms. The number of nitro groups is 1. The van der Waals surface area contributed by atoms with Crippen LogP contribution in [0.2, 0.25) is 0 Å². The normalized spacial score (nSPS) is 16.9. The molecule has 25 heavy (non-hydrogen) atoms. The monoisotopic (exact) mass is 341 g/mol. The molecule has 0 bridgehead atoms. The quantitative estimate of drug-likeness (QED) is 0.645. The fourth-order valence-electron chi connectivity index (χ4n) is 2.97. The van der Waals surface area contributed by atoms with E-state index in [1.807, 2.05) is 24.3 Å². The first-order valence-corrected chi connectivity index (χ1v) is 7.99. The van der Waals surface area contributed by atoms with Gasteiger partial charge in [0.1, 0.15) is 6.04 Å². The fourth-order valence-corrected chi connectivity index (χ4v) is 2.97. The van der Waals surface area contributed by atoms with Gasteiger partial charge >= 0.3 is 0 Å². The molecule has 0 spiro atoms. The highest BCUT2D eigenvalue weighted by molar-refractivity contribution is 6.01. The largest absolute Gasteiger partial charge is 0.380 e. The lowest BCUT2D eigenvalue weighted by Crippen LogP contribution is -2.33. The number of methoxy groups -OCH3 is 1. The molecular formula is C18H19N3O4. The Morgan fingerprint density at radius 2 is 2.08 bits per heavy atom. The SMILES string of the molecule is COCc1ccccc1N[C@H]1CCN(c2cccc([N+](=O)[O-])c2)C1=O. The third-order valence-electron chi connectivity index (χ3n) is 4.20. The van der Waals surface area contributed by atoms with Crippen LogP contribution >= 0.6 is 0 Å². The second kappa shape index (κ2) is 7.31. The number of non-ortho nitro benzene ring substituents is 1. The van der Waals surface area contributed by atoms with Crippen LogP contribution in [-0.2, 0) is 16.1 Å². The summed E-state index contributed by atoms with van der Waals surface area (Å²) in [4.78, 5) is 24.8. The number of ether oxygens (including phenoxy) is 1. The Bertz CT molecular complexity index is 793. The summed E-state index contributed by atoms with van der Waals surface area (Å²) in [5, 5.41) is 14.2. The lowest BCUT2D eigenvalue weighted by molar-refractivity contribution is -0.384. The molecule has 0 radical (unpaired) electrons. The molecule has 130 valence electrons. The van der Waals surface area contributed by atoms with Crippen molar-refractivity contribution in [2.24, 2.45) is 0 Å². The number of nitro benzene ring substituents is 1. The van der Waals surface area contributed by atoms with Crippen molar-refractivity contribution >= 4 is 23.0 Å². The second-order valence-corrected chi connectivity index (χ2v) is 5.84. The molecule has 2 aromatic rings. The maximum absolute atomic E-state index is 12.7. The van der Waals surface area contributed by atoms with Crippen LogP contribution in [0.3, 0.4) is 0 Å². The Morgan fingerprint density at radius 3 is 2.84 bits per heavy atom. The molecule has 0 unspecified atom stereocenters. The van der Waals surface area contributed by atoms with E-state index in [-0.39, 0.29) is 17.6 Å². The number of amides is 1. The summed E-state index contributed by atoms with van der Waals surface area (Å²) in [7, 11) is 1.63. The summed E-state index contributed by atoms with van der Waals surface area (Å²) in [6, 6.07) is 13.5. The van der Waals surface area contributed by atoms with Crippen LogP contribution in [0, 0.1) is 10.1 Å². The van der Waals surface area contributed by atoms with E-state index in [0.29, 0.717) is 25.3 Å². The zero-order chi connectivity index (χ0) is 17.8. The van der Waals surface area contributed by atoms with E-state index >= 15 is 0 Å². The van der Waals surface area contributed by atoms with E-state index in [0.717, 1.165) is 11.3 Å². The van der Waals surface area contributed by atoms with E-state index < -0.39 is 4.92 Å². The molecule has 7 nitrogen and oxygen atoms in total. The highest BCUT2D eigenvalue weighted by Crippen LogP contribution is 2.27. The zero-order valence-corrected chi connectivity index (χ0v) is 13.8. The maximum Gasteiger partial charge on any atom is 0.271 e. The van der Waals surface area contributed by atoms with Gasteiger partial charge in [-0.15, -0.1) is 0 Å². The minimum absolute atomic E-state index is 0.0212. The van der Waals surface area contributed by atoms with Crippen LogP contribution < -0.4 is 10.2 Å². The van der Waals surface area contributed by atoms with Gasteiger partial charge in [-0.25, -0.2) is 0 Å². The first-order chi connectivity index (χ1) is 12.1. The first kappa shape index (κ1) is 16.9. The van der Waals surface area contributed by atoms with E-state index in [9.17, 15) is 14.9 Å². The van der Waals surface area contributed by atoms with Crippen LogP contribution in [0.15, 0.2) is 48.5 Å². The average molecular weight is 341 g/mol. The molecule has 1 aliphatic heterocycles. The molecule has 1 heterocycles. The molecule has 1 atom stereocenters. The number of para-hydroxylation sites is 1. The van der Waals surface area contributed by atoms with Crippen molar-refractivity contribution in [3.63, 3.8) is 0 Å². The van der Waals surface area contributed by atoms with Crippen LogP contribution in [0.4, 0.5) is 17.1 Å². The third kappa shape index (κ3) is 3.61. The summed E-state index contributed by atoms with van der Waals surface area (Å²) >= 11 is 0. The minimum atomic E-state index is -0.458. The first-order valence-electron chi connectivity index (χ1n) is 7.99. The molecule has 0 aliphatic carbocycles. The highest BCUT2D eigenvalue weighted by Gasteiger charge is 2.33. The molecule has 1 fully saturated rings. The average Bonchev–Trinajstić information content (AvgIpc) is 2.98. The van der Waals surface area contributed by atoms with E-state index in [1.165, 1.54) is 12.1 Å². The molecule has 0 aromatic heterocycles. The number of rotatable bonds is 6. The topological polar surface area (TPSA) is 84.7 Å². The van der Waals surface area contributed by atoms with Gasteiger partial charge in [-0.2, -0.15) is 0 Å². The van der Waals surface area contributed by atoms with Crippen molar-refractivity contribution in [1.82, 2.24) is 0 Å². The van der Waals surface area contributed by atoms with Gasteiger partial charge in [0.15, 0.2) is 0 Å². The number of nitrogens with zero attached hydrogens (tertiary/aromatic N) is 2. The van der Waals surface area contributed by atoms with Crippen LogP contribution in [0.25, 0.3) is 0 Å². The number of carbonyl (C=O) groups is 1. The molecule has 1 amide bonds. The summed E-state index contributed by atoms with van der Waals surface area (Å²) in [5.41, 5.74) is 2.37.